The van der Waals surface area contributed by atoms with Crippen LogP contribution in [-0.2, 0) is 6.54 Å². The first kappa shape index (κ1) is 16.0. The van der Waals surface area contributed by atoms with Crippen LogP contribution < -0.4 is 11.1 Å². The van der Waals surface area contributed by atoms with E-state index in [1.54, 1.807) is 6.20 Å². The van der Waals surface area contributed by atoms with Gasteiger partial charge in [0.05, 0.1) is 11.8 Å². The summed E-state index contributed by atoms with van der Waals surface area (Å²) in [5.41, 5.74) is 7.09. The molecule has 1 saturated heterocycles. The van der Waals surface area contributed by atoms with E-state index in [9.17, 15) is 4.79 Å². The maximum Gasteiger partial charge on any atom is 0.254 e. The van der Waals surface area contributed by atoms with Crippen LogP contribution in [0.3, 0.4) is 0 Å². The van der Waals surface area contributed by atoms with E-state index in [-0.39, 0.29) is 11.9 Å². The summed E-state index contributed by atoms with van der Waals surface area (Å²) in [4.78, 5) is 14.7. The number of amides is 1. The van der Waals surface area contributed by atoms with Crippen molar-refractivity contribution in [3.05, 3.63) is 17.5 Å². The van der Waals surface area contributed by atoms with Crippen molar-refractivity contribution in [2.24, 2.45) is 5.73 Å². The van der Waals surface area contributed by atoms with Crippen LogP contribution in [-0.4, -0.2) is 52.8 Å². The zero-order valence-electron chi connectivity index (χ0n) is 13.1. The van der Waals surface area contributed by atoms with Crippen molar-refractivity contribution in [1.82, 2.24) is 20.0 Å². The van der Waals surface area contributed by atoms with E-state index in [4.69, 9.17) is 5.73 Å². The number of hydrogen-bond donors (Lipinski definition) is 2. The highest BCUT2D eigenvalue weighted by molar-refractivity contribution is 5.95. The lowest BCUT2D eigenvalue weighted by atomic mass is 10.2. The summed E-state index contributed by atoms with van der Waals surface area (Å²) in [5, 5.41) is 7.35. The van der Waals surface area contributed by atoms with Gasteiger partial charge in [0.15, 0.2) is 0 Å². The van der Waals surface area contributed by atoms with Crippen LogP contribution in [0.1, 0.15) is 42.2 Å². The van der Waals surface area contributed by atoms with Crippen LogP contribution in [0.15, 0.2) is 6.20 Å². The third kappa shape index (κ3) is 4.28. The van der Waals surface area contributed by atoms with E-state index in [0.717, 1.165) is 38.3 Å². The average Bonchev–Trinajstić information content (AvgIpc) is 3.06. The minimum Gasteiger partial charge on any atom is -0.348 e. The number of aryl methyl sites for hydroxylation is 1. The Morgan fingerprint density at radius 1 is 1.48 bits per heavy atom. The zero-order valence-corrected chi connectivity index (χ0v) is 13.1. The molecule has 3 N–H and O–H groups in total. The zero-order chi connectivity index (χ0) is 15.2. The number of hydrogen-bond acceptors (Lipinski definition) is 4. The summed E-state index contributed by atoms with van der Waals surface area (Å²) in [5.74, 6) is -0.0294. The Morgan fingerprint density at radius 2 is 2.19 bits per heavy atom. The van der Waals surface area contributed by atoms with Crippen LogP contribution in [0.5, 0.6) is 0 Å². The third-order valence-corrected chi connectivity index (χ3v) is 4.03. The molecule has 0 saturated carbocycles. The molecule has 6 heteroatoms. The van der Waals surface area contributed by atoms with E-state index in [1.165, 1.54) is 12.8 Å². The summed E-state index contributed by atoms with van der Waals surface area (Å²) >= 11 is 0. The van der Waals surface area contributed by atoms with Crippen molar-refractivity contribution in [2.75, 3.05) is 26.2 Å². The molecular formula is C15H27N5O. The van der Waals surface area contributed by atoms with Crippen LogP contribution >= 0.6 is 0 Å². The summed E-state index contributed by atoms with van der Waals surface area (Å²) in [6.07, 6.45) is 5.07. The molecule has 1 amide bonds. The second kappa shape index (κ2) is 7.56. The smallest absolute Gasteiger partial charge is 0.254 e. The second-order valence-electron chi connectivity index (χ2n) is 5.89. The molecule has 1 aromatic rings. The molecule has 0 bridgehead atoms. The van der Waals surface area contributed by atoms with Gasteiger partial charge in [-0.05, 0) is 52.7 Å². The molecule has 0 radical (unpaired) electrons. The summed E-state index contributed by atoms with van der Waals surface area (Å²) < 4.78 is 1.85. The normalized spacial score (nSPS) is 17.1. The Balaban J connectivity index is 1.88. The molecule has 21 heavy (non-hydrogen) atoms. The van der Waals surface area contributed by atoms with E-state index >= 15 is 0 Å². The van der Waals surface area contributed by atoms with Gasteiger partial charge in [-0.25, -0.2) is 0 Å². The standard InChI is InChI=1S/C15H27N5O/c1-12(11-19-7-3-4-8-19)18-15(21)14-10-17-20(13(14)2)9-5-6-16/h10,12H,3-9,11,16H2,1-2H3,(H,18,21). The Kier molecular flexibility index (Phi) is 5.76. The van der Waals surface area contributed by atoms with Crippen molar-refractivity contribution in [3.8, 4) is 0 Å². The molecule has 1 aliphatic heterocycles. The number of nitrogens with two attached hydrogens (primary N) is 1. The van der Waals surface area contributed by atoms with E-state index in [1.807, 2.05) is 11.6 Å². The first-order valence-corrected chi connectivity index (χ1v) is 7.87. The predicted molar refractivity (Wildman–Crippen MR) is 83.2 cm³/mol. The first-order chi connectivity index (χ1) is 10.1. The van der Waals surface area contributed by atoms with Crippen molar-refractivity contribution in [2.45, 2.75) is 45.7 Å². The lowest BCUT2D eigenvalue weighted by Gasteiger charge is -2.21. The van der Waals surface area contributed by atoms with Crippen LogP contribution in [0.25, 0.3) is 0 Å². The van der Waals surface area contributed by atoms with E-state index in [2.05, 4.69) is 22.2 Å². The molecule has 2 rings (SSSR count). The Bertz CT molecular complexity index is 465. The van der Waals surface area contributed by atoms with Crippen LogP contribution in [0.4, 0.5) is 0 Å². The number of aromatic nitrogens is 2. The number of likely N-dealkylation sites (tertiary alicyclic amines) is 1. The molecule has 0 aromatic carbocycles. The van der Waals surface area contributed by atoms with Gasteiger partial charge in [0.25, 0.3) is 5.91 Å². The topological polar surface area (TPSA) is 76.2 Å². The van der Waals surface area contributed by atoms with Gasteiger partial charge in [0.2, 0.25) is 0 Å². The number of carbonyl (C=O) groups is 1. The van der Waals surface area contributed by atoms with Crippen LogP contribution in [0.2, 0.25) is 0 Å². The minimum atomic E-state index is -0.0294. The number of nitrogens with zero attached hydrogens (tertiary/aromatic N) is 3. The molecule has 2 heterocycles. The molecule has 0 aliphatic carbocycles. The van der Waals surface area contributed by atoms with Crippen molar-refractivity contribution in [3.63, 3.8) is 0 Å². The molecule has 1 aromatic heterocycles. The first-order valence-electron chi connectivity index (χ1n) is 7.87. The largest absolute Gasteiger partial charge is 0.348 e. The van der Waals surface area contributed by atoms with Gasteiger partial charge >= 0.3 is 0 Å². The molecular weight excluding hydrogens is 266 g/mol. The Hall–Kier alpha value is -1.40. The van der Waals surface area contributed by atoms with E-state index in [0.29, 0.717) is 12.1 Å². The maximum atomic E-state index is 12.3. The molecule has 118 valence electrons. The highest BCUT2D eigenvalue weighted by Crippen LogP contribution is 2.10. The summed E-state index contributed by atoms with van der Waals surface area (Å²) in [6, 6.07) is 0.155. The van der Waals surface area contributed by atoms with E-state index < -0.39 is 0 Å². The Morgan fingerprint density at radius 3 is 2.86 bits per heavy atom. The second-order valence-corrected chi connectivity index (χ2v) is 5.89. The lowest BCUT2D eigenvalue weighted by molar-refractivity contribution is 0.0931. The molecule has 1 atom stereocenters. The number of rotatable bonds is 7. The van der Waals surface area contributed by atoms with Crippen LogP contribution in [0, 0.1) is 6.92 Å². The van der Waals surface area contributed by atoms with Crippen molar-refractivity contribution < 1.29 is 4.79 Å². The third-order valence-electron chi connectivity index (χ3n) is 4.03. The predicted octanol–water partition coefficient (Wildman–Crippen LogP) is 0.754. The van der Waals surface area contributed by atoms with Gasteiger partial charge in [0, 0.05) is 24.8 Å². The van der Waals surface area contributed by atoms with Crippen molar-refractivity contribution >= 4 is 5.91 Å². The fourth-order valence-corrected chi connectivity index (χ4v) is 2.84. The quantitative estimate of drug-likeness (QED) is 0.778. The van der Waals surface area contributed by atoms with Gasteiger partial charge < -0.3 is 16.0 Å². The Labute approximate surface area is 126 Å². The maximum absolute atomic E-state index is 12.3. The average molecular weight is 293 g/mol. The SMILES string of the molecule is Cc1c(C(=O)NC(C)CN2CCCC2)cnn1CCCN. The van der Waals surface area contributed by atoms with Gasteiger partial charge in [0.1, 0.15) is 0 Å². The molecule has 1 aliphatic rings. The molecule has 1 fully saturated rings. The monoisotopic (exact) mass is 293 g/mol. The van der Waals surface area contributed by atoms with Gasteiger partial charge in [-0.15, -0.1) is 0 Å². The van der Waals surface area contributed by atoms with Gasteiger partial charge in [-0.1, -0.05) is 0 Å². The molecule has 0 spiro atoms. The highest BCUT2D eigenvalue weighted by atomic mass is 16.1. The molecule has 1 unspecified atom stereocenters. The van der Waals surface area contributed by atoms with Crippen molar-refractivity contribution in [1.29, 1.82) is 0 Å². The fourth-order valence-electron chi connectivity index (χ4n) is 2.84. The summed E-state index contributed by atoms with van der Waals surface area (Å²) in [7, 11) is 0. The fraction of sp³-hybridized carbons (Fsp3) is 0.733. The molecule has 6 nitrogen and oxygen atoms in total. The number of carbonyl (C=O) groups excluding carboxylic acids is 1. The number of nitrogens with one attached hydrogen (secondary N) is 1. The highest BCUT2D eigenvalue weighted by Gasteiger charge is 2.19. The van der Waals surface area contributed by atoms with Gasteiger partial charge in [-0.2, -0.15) is 5.10 Å². The summed E-state index contributed by atoms with van der Waals surface area (Å²) in [6.45, 7) is 8.61. The minimum absolute atomic E-state index is 0.0294. The van der Waals surface area contributed by atoms with Gasteiger partial charge in [-0.3, -0.25) is 9.48 Å². The lowest BCUT2D eigenvalue weighted by Crippen LogP contribution is -2.41.